The second kappa shape index (κ2) is 8.21. The number of amides is 2. The van der Waals surface area contributed by atoms with Crippen molar-refractivity contribution >= 4 is 24.4 Å². The van der Waals surface area contributed by atoms with E-state index in [2.05, 4.69) is 44.0 Å². The molecule has 25 heavy (non-hydrogen) atoms. The van der Waals surface area contributed by atoms with Gasteiger partial charge in [-0.05, 0) is 35.2 Å². The Morgan fingerprint density at radius 1 is 0.880 bits per heavy atom. The third-order valence-electron chi connectivity index (χ3n) is 3.86. The molecule has 0 unspecified atom stereocenters. The maximum atomic E-state index is 12.1. The van der Waals surface area contributed by atoms with Crippen LogP contribution in [-0.4, -0.2) is 24.9 Å². The third kappa shape index (κ3) is 5.36. The van der Waals surface area contributed by atoms with Crippen molar-refractivity contribution in [2.24, 2.45) is 0 Å². The van der Waals surface area contributed by atoms with Crippen LogP contribution in [0.3, 0.4) is 0 Å². The van der Waals surface area contributed by atoms with Gasteiger partial charge in [0.2, 0.25) is 0 Å². The first-order chi connectivity index (χ1) is 11.8. The molecule has 0 saturated heterocycles. The normalized spacial score (nSPS) is 11.0. The molecule has 0 saturated carbocycles. The molecule has 132 valence electrons. The quantitative estimate of drug-likeness (QED) is 0.568. The van der Waals surface area contributed by atoms with Crippen LogP contribution in [-0.2, 0) is 5.41 Å². The standard InChI is InChI=1S/C20H24N2O2S/c1-20(2,3)15-10-8-14(9-11-15)18(23)21-12-13-22-19(24)16-6-4-5-7-17(16)25/h4-11,25H,12-13H2,1-3H3,(H,21,23)(H,22,24). The average Bonchev–Trinajstić information content (AvgIpc) is 2.58. The van der Waals surface area contributed by atoms with E-state index in [9.17, 15) is 9.59 Å². The summed E-state index contributed by atoms with van der Waals surface area (Å²) in [6.45, 7) is 7.11. The summed E-state index contributed by atoms with van der Waals surface area (Å²) in [5, 5.41) is 5.58. The van der Waals surface area contributed by atoms with Crippen LogP contribution in [0.1, 0.15) is 47.1 Å². The molecule has 0 aliphatic heterocycles. The lowest BCUT2D eigenvalue weighted by atomic mass is 9.87. The van der Waals surface area contributed by atoms with Gasteiger partial charge in [-0.15, -0.1) is 12.6 Å². The van der Waals surface area contributed by atoms with Crippen molar-refractivity contribution in [1.29, 1.82) is 0 Å². The Labute approximate surface area is 154 Å². The zero-order valence-corrected chi connectivity index (χ0v) is 15.7. The van der Waals surface area contributed by atoms with Gasteiger partial charge < -0.3 is 10.6 Å². The van der Waals surface area contributed by atoms with Crippen molar-refractivity contribution in [3.8, 4) is 0 Å². The molecule has 0 bridgehead atoms. The monoisotopic (exact) mass is 356 g/mol. The molecule has 2 N–H and O–H groups in total. The third-order valence-corrected chi connectivity index (χ3v) is 4.25. The van der Waals surface area contributed by atoms with Gasteiger partial charge in [-0.1, -0.05) is 45.0 Å². The molecule has 0 fully saturated rings. The smallest absolute Gasteiger partial charge is 0.252 e. The molecule has 2 aromatic rings. The van der Waals surface area contributed by atoms with Crippen LogP contribution in [0.2, 0.25) is 0 Å². The molecule has 0 heterocycles. The van der Waals surface area contributed by atoms with Gasteiger partial charge in [0.1, 0.15) is 0 Å². The van der Waals surface area contributed by atoms with Gasteiger partial charge in [0.15, 0.2) is 0 Å². The first-order valence-electron chi connectivity index (χ1n) is 8.24. The van der Waals surface area contributed by atoms with E-state index < -0.39 is 0 Å². The minimum Gasteiger partial charge on any atom is -0.350 e. The van der Waals surface area contributed by atoms with Gasteiger partial charge in [-0.3, -0.25) is 9.59 Å². The molecule has 0 radical (unpaired) electrons. The SMILES string of the molecule is CC(C)(C)c1ccc(C(=O)NCCNC(=O)c2ccccc2S)cc1. The van der Waals surface area contributed by atoms with E-state index >= 15 is 0 Å². The highest BCUT2D eigenvalue weighted by Crippen LogP contribution is 2.22. The minimum absolute atomic E-state index is 0.0581. The number of benzene rings is 2. The number of nitrogens with one attached hydrogen (secondary N) is 2. The predicted molar refractivity (Wildman–Crippen MR) is 104 cm³/mol. The Morgan fingerprint density at radius 3 is 2.00 bits per heavy atom. The fraction of sp³-hybridized carbons (Fsp3) is 0.300. The maximum absolute atomic E-state index is 12.1. The van der Waals surface area contributed by atoms with E-state index in [4.69, 9.17) is 0 Å². The van der Waals surface area contributed by atoms with Gasteiger partial charge in [0.25, 0.3) is 11.8 Å². The van der Waals surface area contributed by atoms with Crippen LogP contribution in [0.25, 0.3) is 0 Å². The molecule has 0 spiro atoms. The Balaban J connectivity index is 1.81. The fourth-order valence-electron chi connectivity index (χ4n) is 2.34. The molecule has 0 aromatic heterocycles. The lowest BCUT2D eigenvalue weighted by Crippen LogP contribution is -2.34. The van der Waals surface area contributed by atoms with E-state index in [0.717, 1.165) is 0 Å². The average molecular weight is 356 g/mol. The van der Waals surface area contributed by atoms with E-state index in [1.807, 2.05) is 30.3 Å². The molecule has 2 amide bonds. The van der Waals surface area contributed by atoms with Gasteiger partial charge in [0, 0.05) is 23.5 Å². The van der Waals surface area contributed by atoms with E-state index in [1.54, 1.807) is 18.2 Å². The topological polar surface area (TPSA) is 58.2 Å². The number of hydrogen-bond acceptors (Lipinski definition) is 3. The Hall–Kier alpha value is -2.27. The second-order valence-electron chi connectivity index (χ2n) is 6.86. The predicted octanol–water partition coefficient (Wildman–Crippen LogP) is 3.43. The molecule has 5 heteroatoms. The summed E-state index contributed by atoms with van der Waals surface area (Å²) >= 11 is 4.26. The number of rotatable bonds is 5. The van der Waals surface area contributed by atoms with Crippen molar-refractivity contribution in [3.05, 3.63) is 65.2 Å². The summed E-state index contributed by atoms with van der Waals surface area (Å²) in [7, 11) is 0. The molecule has 0 atom stereocenters. The summed E-state index contributed by atoms with van der Waals surface area (Å²) in [6.07, 6.45) is 0. The lowest BCUT2D eigenvalue weighted by molar-refractivity contribution is 0.0926. The second-order valence-corrected chi connectivity index (χ2v) is 7.34. The van der Waals surface area contributed by atoms with Gasteiger partial charge in [0.05, 0.1) is 5.56 Å². The summed E-state index contributed by atoms with van der Waals surface area (Å²) in [5.74, 6) is -0.348. The Morgan fingerprint density at radius 2 is 1.44 bits per heavy atom. The summed E-state index contributed by atoms with van der Waals surface area (Å²) < 4.78 is 0. The Kier molecular flexibility index (Phi) is 6.26. The number of carbonyl (C=O) groups excluding carboxylic acids is 2. The van der Waals surface area contributed by atoms with Crippen LogP contribution in [0.15, 0.2) is 53.4 Å². The van der Waals surface area contributed by atoms with Gasteiger partial charge >= 0.3 is 0 Å². The first kappa shape index (κ1) is 19.1. The zero-order valence-electron chi connectivity index (χ0n) is 14.8. The highest BCUT2D eigenvalue weighted by molar-refractivity contribution is 7.80. The highest BCUT2D eigenvalue weighted by atomic mass is 32.1. The van der Waals surface area contributed by atoms with E-state index in [0.29, 0.717) is 29.1 Å². The van der Waals surface area contributed by atoms with Crippen molar-refractivity contribution in [2.75, 3.05) is 13.1 Å². The lowest BCUT2D eigenvalue weighted by Gasteiger charge is -2.19. The number of hydrogen-bond donors (Lipinski definition) is 3. The number of carbonyl (C=O) groups is 2. The van der Waals surface area contributed by atoms with Crippen LogP contribution in [0.5, 0.6) is 0 Å². The molecule has 0 aliphatic carbocycles. The van der Waals surface area contributed by atoms with Crippen molar-refractivity contribution < 1.29 is 9.59 Å². The van der Waals surface area contributed by atoms with Crippen molar-refractivity contribution in [3.63, 3.8) is 0 Å². The summed E-state index contributed by atoms with van der Waals surface area (Å²) in [6, 6.07) is 14.7. The maximum Gasteiger partial charge on any atom is 0.252 e. The first-order valence-corrected chi connectivity index (χ1v) is 8.68. The molecule has 2 aromatic carbocycles. The highest BCUT2D eigenvalue weighted by Gasteiger charge is 2.14. The molecule has 0 aliphatic rings. The van der Waals surface area contributed by atoms with Crippen molar-refractivity contribution in [2.45, 2.75) is 31.1 Å². The fourth-order valence-corrected chi connectivity index (χ4v) is 2.60. The van der Waals surface area contributed by atoms with Crippen molar-refractivity contribution in [1.82, 2.24) is 10.6 Å². The van der Waals surface area contributed by atoms with Crippen LogP contribution >= 0.6 is 12.6 Å². The van der Waals surface area contributed by atoms with Crippen LogP contribution in [0.4, 0.5) is 0 Å². The molecular weight excluding hydrogens is 332 g/mol. The Bertz CT molecular complexity index is 749. The van der Waals surface area contributed by atoms with Crippen LogP contribution < -0.4 is 10.6 Å². The van der Waals surface area contributed by atoms with Gasteiger partial charge in [-0.2, -0.15) is 0 Å². The summed E-state index contributed by atoms with van der Waals surface area (Å²) in [4.78, 5) is 24.8. The zero-order chi connectivity index (χ0) is 18.4. The van der Waals surface area contributed by atoms with Gasteiger partial charge in [-0.25, -0.2) is 0 Å². The van der Waals surface area contributed by atoms with E-state index in [-0.39, 0.29) is 17.2 Å². The van der Waals surface area contributed by atoms with E-state index in [1.165, 1.54) is 5.56 Å². The van der Waals surface area contributed by atoms with Crippen LogP contribution in [0, 0.1) is 0 Å². The molecule has 2 rings (SSSR count). The summed E-state index contributed by atoms with van der Waals surface area (Å²) in [5.41, 5.74) is 2.37. The molecular formula is C20H24N2O2S. The largest absolute Gasteiger partial charge is 0.350 e. The molecule has 4 nitrogen and oxygen atoms in total. The minimum atomic E-state index is -0.200. The number of thiol groups is 1.